The van der Waals surface area contributed by atoms with Crippen molar-refractivity contribution >= 4 is 38.6 Å². The quantitative estimate of drug-likeness (QED) is 0.557. The standard InChI is InChI=1S/C21H19N3O6S/c1-14-7-9-15(10-8-14)31(27,28)24(2)12-20(26)29-13-19(25)23-21-16-5-3-4-6-17(16)30-18(21)11-22/h3-10H,12-13H2,1-2H3,(H,23,25). The highest BCUT2D eigenvalue weighted by atomic mass is 32.2. The number of amides is 1. The van der Waals surface area contributed by atoms with Crippen molar-refractivity contribution in [1.82, 2.24) is 4.31 Å². The molecule has 0 spiro atoms. The number of carbonyl (C=O) groups excluding carboxylic acids is 2. The minimum atomic E-state index is -3.88. The van der Waals surface area contributed by atoms with E-state index in [2.05, 4.69) is 5.32 Å². The highest BCUT2D eigenvalue weighted by Crippen LogP contribution is 2.30. The molecule has 0 radical (unpaired) electrons. The molecule has 0 unspecified atom stereocenters. The van der Waals surface area contributed by atoms with Gasteiger partial charge in [0.15, 0.2) is 6.61 Å². The summed E-state index contributed by atoms with van der Waals surface area (Å²) < 4.78 is 36.1. The fourth-order valence-electron chi connectivity index (χ4n) is 2.77. The summed E-state index contributed by atoms with van der Waals surface area (Å²) in [4.78, 5) is 24.3. The van der Waals surface area contributed by atoms with Crippen LogP contribution in [0.4, 0.5) is 5.69 Å². The lowest BCUT2D eigenvalue weighted by atomic mass is 10.2. The van der Waals surface area contributed by atoms with Crippen molar-refractivity contribution in [2.45, 2.75) is 11.8 Å². The molecule has 0 atom stereocenters. The number of carbonyl (C=O) groups is 2. The van der Waals surface area contributed by atoms with Crippen molar-refractivity contribution in [3.05, 3.63) is 59.9 Å². The van der Waals surface area contributed by atoms with Gasteiger partial charge in [-0.05, 0) is 31.2 Å². The first kappa shape index (κ1) is 22.0. The molecule has 1 heterocycles. The van der Waals surface area contributed by atoms with Crippen LogP contribution in [0.15, 0.2) is 57.8 Å². The number of rotatable bonds is 7. The third-order valence-corrected chi connectivity index (χ3v) is 6.22. The zero-order chi connectivity index (χ0) is 22.6. The van der Waals surface area contributed by atoms with Gasteiger partial charge in [0, 0.05) is 12.4 Å². The highest BCUT2D eigenvalue weighted by molar-refractivity contribution is 7.89. The summed E-state index contributed by atoms with van der Waals surface area (Å²) in [6.45, 7) is 0.609. The Labute approximate surface area is 178 Å². The Morgan fingerprint density at radius 2 is 1.84 bits per heavy atom. The van der Waals surface area contributed by atoms with Gasteiger partial charge in [-0.2, -0.15) is 9.57 Å². The SMILES string of the molecule is Cc1ccc(S(=O)(=O)N(C)CC(=O)OCC(=O)Nc2c(C#N)oc3ccccc23)cc1. The topological polar surface area (TPSA) is 130 Å². The molecule has 1 N–H and O–H groups in total. The van der Waals surface area contributed by atoms with Crippen LogP contribution in [0.1, 0.15) is 11.3 Å². The van der Waals surface area contributed by atoms with Crippen molar-refractivity contribution in [1.29, 1.82) is 5.26 Å². The number of esters is 1. The predicted octanol–water partition coefficient (Wildman–Crippen LogP) is 2.42. The lowest BCUT2D eigenvalue weighted by Crippen LogP contribution is -2.34. The van der Waals surface area contributed by atoms with E-state index in [0.29, 0.717) is 11.0 Å². The highest BCUT2D eigenvalue weighted by Gasteiger charge is 2.24. The number of para-hydroxylation sites is 1. The Hall–Kier alpha value is -3.68. The van der Waals surface area contributed by atoms with Gasteiger partial charge < -0.3 is 14.5 Å². The number of nitriles is 1. The smallest absolute Gasteiger partial charge is 0.321 e. The largest absolute Gasteiger partial charge is 0.455 e. The van der Waals surface area contributed by atoms with Crippen molar-refractivity contribution in [2.24, 2.45) is 0 Å². The second kappa shape index (κ2) is 8.99. The molecule has 160 valence electrons. The van der Waals surface area contributed by atoms with Crippen LogP contribution in [0.5, 0.6) is 0 Å². The second-order valence-electron chi connectivity index (χ2n) is 6.70. The maximum absolute atomic E-state index is 12.5. The monoisotopic (exact) mass is 441 g/mol. The summed E-state index contributed by atoms with van der Waals surface area (Å²) >= 11 is 0. The van der Waals surface area contributed by atoms with E-state index in [4.69, 9.17) is 9.15 Å². The molecule has 0 aliphatic heterocycles. The van der Waals surface area contributed by atoms with Crippen LogP contribution in [0.3, 0.4) is 0 Å². The van der Waals surface area contributed by atoms with Gasteiger partial charge in [0.05, 0.1) is 4.90 Å². The number of nitrogens with zero attached hydrogens (tertiary/aromatic N) is 2. The molecule has 0 saturated heterocycles. The number of nitrogens with one attached hydrogen (secondary N) is 1. The van der Waals surface area contributed by atoms with Gasteiger partial charge in [0.25, 0.3) is 5.91 Å². The van der Waals surface area contributed by atoms with E-state index >= 15 is 0 Å². The van der Waals surface area contributed by atoms with Gasteiger partial charge in [0.1, 0.15) is 23.9 Å². The third kappa shape index (κ3) is 4.91. The Bertz CT molecular complexity index is 1270. The summed E-state index contributed by atoms with van der Waals surface area (Å²) in [6, 6.07) is 14.8. The Balaban J connectivity index is 1.59. The van der Waals surface area contributed by atoms with Crippen LogP contribution in [0.25, 0.3) is 11.0 Å². The van der Waals surface area contributed by atoms with E-state index in [1.807, 2.05) is 13.0 Å². The molecule has 3 aromatic rings. The number of anilines is 1. The van der Waals surface area contributed by atoms with Gasteiger partial charge in [-0.1, -0.05) is 29.8 Å². The number of hydrogen-bond donors (Lipinski definition) is 1. The Kier molecular flexibility index (Phi) is 6.39. The van der Waals surface area contributed by atoms with Crippen LogP contribution in [0, 0.1) is 18.3 Å². The first-order chi connectivity index (χ1) is 14.7. The summed E-state index contributed by atoms with van der Waals surface area (Å²) in [5.74, 6) is -1.67. The number of furan rings is 1. The number of sulfonamides is 1. The lowest BCUT2D eigenvalue weighted by molar-refractivity contribution is -0.147. The van der Waals surface area contributed by atoms with E-state index in [0.717, 1.165) is 9.87 Å². The summed E-state index contributed by atoms with van der Waals surface area (Å²) in [7, 11) is -2.64. The first-order valence-corrected chi connectivity index (χ1v) is 10.6. The Morgan fingerprint density at radius 1 is 1.16 bits per heavy atom. The number of ether oxygens (including phenoxy) is 1. The molecule has 3 rings (SSSR count). The normalized spacial score (nSPS) is 11.3. The maximum Gasteiger partial charge on any atom is 0.321 e. The number of likely N-dealkylation sites (N-methyl/N-ethyl adjacent to an activating group) is 1. The van der Waals surface area contributed by atoms with Gasteiger partial charge >= 0.3 is 5.97 Å². The fraction of sp³-hybridized carbons (Fsp3) is 0.190. The van der Waals surface area contributed by atoms with Gasteiger partial charge in [0.2, 0.25) is 15.8 Å². The van der Waals surface area contributed by atoms with Crippen molar-refractivity contribution in [3.8, 4) is 6.07 Å². The van der Waals surface area contributed by atoms with Gasteiger partial charge in [-0.3, -0.25) is 9.59 Å². The molecule has 2 aromatic carbocycles. The van der Waals surface area contributed by atoms with E-state index in [1.165, 1.54) is 19.2 Å². The van der Waals surface area contributed by atoms with Gasteiger partial charge in [-0.25, -0.2) is 8.42 Å². The van der Waals surface area contributed by atoms with Crippen LogP contribution in [-0.4, -0.2) is 44.8 Å². The molecule has 31 heavy (non-hydrogen) atoms. The molecule has 0 fully saturated rings. The molecule has 9 nitrogen and oxygen atoms in total. The third-order valence-electron chi connectivity index (χ3n) is 4.41. The minimum absolute atomic E-state index is 0.0435. The number of fused-ring (bicyclic) bond motifs is 1. The minimum Gasteiger partial charge on any atom is -0.455 e. The summed E-state index contributed by atoms with van der Waals surface area (Å²) in [5, 5.41) is 12.2. The molecular weight excluding hydrogens is 422 g/mol. The predicted molar refractivity (Wildman–Crippen MR) is 112 cm³/mol. The van der Waals surface area contributed by atoms with Crippen LogP contribution < -0.4 is 5.32 Å². The number of benzene rings is 2. The average Bonchev–Trinajstić information content (AvgIpc) is 3.10. The van der Waals surface area contributed by atoms with E-state index in [9.17, 15) is 23.3 Å². The second-order valence-corrected chi connectivity index (χ2v) is 8.74. The zero-order valence-corrected chi connectivity index (χ0v) is 17.6. The Morgan fingerprint density at radius 3 is 2.52 bits per heavy atom. The van der Waals surface area contributed by atoms with Crippen LogP contribution in [-0.2, 0) is 24.3 Å². The maximum atomic E-state index is 12.5. The molecule has 0 bridgehead atoms. The van der Waals surface area contributed by atoms with Crippen LogP contribution in [0.2, 0.25) is 0 Å². The van der Waals surface area contributed by atoms with E-state index in [1.54, 1.807) is 36.4 Å². The van der Waals surface area contributed by atoms with Crippen LogP contribution >= 0.6 is 0 Å². The lowest BCUT2D eigenvalue weighted by Gasteiger charge is -2.16. The summed E-state index contributed by atoms with van der Waals surface area (Å²) in [5.41, 5.74) is 1.50. The molecule has 0 saturated carbocycles. The molecule has 0 aliphatic rings. The molecule has 0 aliphatic carbocycles. The van der Waals surface area contributed by atoms with E-state index in [-0.39, 0.29) is 16.3 Å². The molecule has 1 amide bonds. The van der Waals surface area contributed by atoms with Gasteiger partial charge in [-0.15, -0.1) is 0 Å². The average molecular weight is 441 g/mol. The van der Waals surface area contributed by atoms with Crippen molar-refractivity contribution < 1.29 is 27.2 Å². The molecule has 1 aromatic heterocycles. The first-order valence-electron chi connectivity index (χ1n) is 9.12. The summed E-state index contributed by atoms with van der Waals surface area (Å²) in [6.07, 6.45) is 0. The van der Waals surface area contributed by atoms with E-state index < -0.39 is 35.1 Å². The number of aryl methyl sites for hydroxylation is 1. The van der Waals surface area contributed by atoms with Crippen molar-refractivity contribution in [2.75, 3.05) is 25.5 Å². The molecular formula is C21H19N3O6S. The number of hydrogen-bond acceptors (Lipinski definition) is 7. The zero-order valence-electron chi connectivity index (χ0n) is 16.8. The fourth-order valence-corrected chi connectivity index (χ4v) is 3.89. The van der Waals surface area contributed by atoms with Crippen molar-refractivity contribution in [3.63, 3.8) is 0 Å². The molecule has 10 heteroatoms.